The highest BCUT2D eigenvalue weighted by atomic mass is 32.2. The first kappa shape index (κ1) is 17.8. The van der Waals surface area contributed by atoms with Gasteiger partial charge in [0.05, 0.1) is 17.5 Å². The van der Waals surface area contributed by atoms with Crippen molar-refractivity contribution in [3.63, 3.8) is 0 Å². The fraction of sp³-hybridized carbons (Fsp3) is 0.647. The maximum absolute atomic E-state index is 13.0. The zero-order valence-electron chi connectivity index (χ0n) is 14.8. The van der Waals surface area contributed by atoms with Gasteiger partial charge in [0.25, 0.3) is 0 Å². The Kier molecular flexibility index (Phi) is 4.72. The predicted molar refractivity (Wildman–Crippen MR) is 96.7 cm³/mol. The first-order valence-corrected chi connectivity index (χ1v) is 10.9. The van der Waals surface area contributed by atoms with Gasteiger partial charge in [-0.2, -0.15) is 0 Å². The zero-order valence-corrected chi connectivity index (χ0v) is 15.7. The third-order valence-corrected chi connectivity index (χ3v) is 7.27. The minimum atomic E-state index is -3.14. The van der Waals surface area contributed by atoms with Crippen molar-refractivity contribution >= 4 is 15.7 Å². The molecule has 9 heteroatoms. The van der Waals surface area contributed by atoms with E-state index in [1.54, 1.807) is 11.1 Å². The SMILES string of the molecule is CC1CC(C(=O)N2CCN(Cc3cccnc3)[C@@H]3CS(=O)(=O)C[C@@H]32)NN1. The summed E-state index contributed by atoms with van der Waals surface area (Å²) in [5.41, 5.74) is 7.18. The number of nitrogens with zero attached hydrogens (tertiary/aromatic N) is 3. The first-order valence-electron chi connectivity index (χ1n) is 9.08. The molecule has 8 nitrogen and oxygen atoms in total. The minimum Gasteiger partial charge on any atom is -0.334 e. The van der Waals surface area contributed by atoms with Crippen molar-refractivity contribution in [2.75, 3.05) is 24.6 Å². The Morgan fingerprint density at radius 2 is 2.08 bits per heavy atom. The summed E-state index contributed by atoms with van der Waals surface area (Å²) in [5, 5.41) is 0. The van der Waals surface area contributed by atoms with E-state index < -0.39 is 9.84 Å². The fourth-order valence-corrected chi connectivity index (χ4v) is 6.31. The van der Waals surface area contributed by atoms with E-state index in [9.17, 15) is 13.2 Å². The summed E-state index contributed by atoms with van der Waals surface area (Å²) in [6.07, 6.45) is 4.26. The van der Waals surface area contributed by atoms with Crippen LogP contribution in [0.5, 0.6) is 0 Å². The molecular formula is C17H25N5O3S. The Bertz CT molecular complexity index is 772. The molecule has 3 fully saturated rings. The molecule has 3 aliphatic heterocycles. The molecule has 0 spiro atoms. The Morgan fingerprint density at radius 3 is 2.77 bits per heavy atom. The molecule has 3 saturated heterocycles. The summed E-state index contributed by atoms with van der Waals surface area (Å²) in [7, 11) is -3.14. The number of amides is 1. The molecule has 1 amide bonds. The highest BCUT2D eigenvalue weighted by Gasteiger charge is 2.49. The van der Waals surface area contributed by atoms with Crippen LogP contribution in [0.15, 0.2) is 24.5 Å². The van der Waals surface area contributed by atoms with E-state index in [0.717, 1.165) is 12.0 Å². The standard InChI is InChI=1S/C17H25N5O3S/c1-12-7-14(20-19-12)17(23)22-6-5-21(9-13-3-2-4-18-8-13)15-10-26(24,25)11-16(15)22/h2-4,8,12,14-16,19-20H,5-7,9-11H2,1H3/t12?,14?,15-,16+/m1/s1. The number of pyridine rings is 1. The molecular weight excluding hydrogens is 354 g/mol. The predicted octanol–water partition coefficient (Wildman–Crippen LogP) is -0.854. The molecule has 3 aliphatic rings. The number of carbonyl (C=O) groups excluding carboxylic acids is 1. The summed E-state index contributed by atoms with van der Waals surface area (Å²) < 4.78 is 24.7. The Labute approximate surface area is 153 Å². The van der Waals surface area contributed by atoms with E-state index in [1.807, 2.05) is 25.3 Å². The Balaban J connectivity index is 1.53. The number of hydrazine groups is 1. The van der Waals surface area contributed by atoms with Crippen molar-refractivity contribution in [1.82, 2.24) is 25.6 Å². The molecule has 4 rings (SSSR count). The van der Waals surface area contributed by atoms with Crippen LogP contribution < -0.4 is 10.9 Å². The highest BCUT2D eigenvalue weighted by Crippen LogP contribution is 2.29. The highest BCUT2D eigenvalue weighted by molar-refractivity contribution is 7.91. The molecule has 0 aromatic carbocycles. The number of sulfone groups is 1. The van der Waals surface area contributed by atoms with Gasteiger partial charge in [0, 0.05) is 44.1 Å². The molecule has 1 aromatic heterocycles. The number of hydrogen-bond acceptors (Lipinski definition) is 7. The van der Waals surface area contributed by atoms with Crippen LogP contribution in [0.1, 0.15) is 18.9 Å². The summed E-state index contributed by atoms with van der Waals surface area (Å²) in [6, 6.07) is 3.43. The molecule has 0 aliphatic carbocycles. The van der Waals surface area contributed by atoms with Crippen LogP contribution in [0.25, 0.3) is 0 Å². The summed E-state index contributed by atoms with van der Waals surface area (Å²) >= 11 is 0. The van der Waals surface area contributed by atoms with Crippen LogP contribution in [0, 0.1) is 0 Å². The van der Waals surface area contributed by atoms with Crippen molar-refractivity contribution in [1.29, 1.82) is 0 Å². The fourth-order valence-electron chi connectivity index (χ4n) is 4.30. The van der Waals surface area contributed by atoms with Gasteiger partial charge >= 0.3 is 0 Å². The van der Waals surface area contributed by atoms with Gasteiger partial charge in [-0.25, -0.2) is 13.8 Å². The molecule has 4 atom stereocenters. The number of carbonyl (C=O) groups is 1. The minimum absolute atomic E-state index is 0.00924. The molecule has 0 radical (unpaired) electrons. The number of fused-ring (bicyclic) bond motifs is 1. The molecule has 1 aromatic rings. The summed E-state index contributed by atoms with van der Waals surface area (Å²) in [5.74, 6) is 0.187. The molecule has 0 saturated carbocycles. The normalized spacial score (nSPS) is 34.0. The number of hydrogen-bond donors (Lipinski definition) is 2. The van der Waals surface area contributed by atoms with Crippen molar-refractivity contribution in [3.8, 4) is 0 Å². The maximum atomic E-state index is 13.0. The quantitative estimate of drug-likeness (QED) is 0.706. The Morgan fingerprint density at radius 1 is 1.27 bits per heavy atom. The Hall–Kier alpha value is -1.55. The zero-order chi connectivity index (χ0) is 18.3. The van der Waals surface area contributed by atoms with Gasteiger partial charge in [0.1, 0.15) is 6.04 Å². The molecule has 2 unspecified atom stereocenters. The number of piperazine rings is 1. The van der Waals surface area contributed by atoms with Crippen molar-refractivity contribution in [3.05, 3.63) is 30.1 Å². The third-order valence-electron chi connectivity index (χ3n) is 5.57. The molecule has 0 bridgehead atoms. The lowest BCUT2D eigenvalue weighted by atomic mass is 10.0. The van der Waals surface area contributed by atoms with Gasteiger partial charge in [-0.15, -0.1) is 0 Å². The largest absolute Gasteiger partial charge is 0.334 e. The smallest absolute Gasteiger partial charge is 0.241 e. The molecule has 2 N–H and O–H groups in total. The first-order chi connectivity index (χ1) is 12.4. The van der Waals surface area contributed by atoms with Crippen LogP contribution in [-0.2, 0) is 21.2 Å². The van der Waals surface area contributed by atoms with Crippen molar-refractivity contribution in [2.24, 2.45) is 0 Å². The molecule has 26 heavy (non-hydrogen) atoms. The van der Waals surface area contributed by atoms with Crippen LogP contribution in [-0.4, -0.2) is 77.9 Å². The van der Waals surface area contributed by atoms with Gasteiger partial charge in [-0.3, -0.25) is 20.1 Å². The van der Waals surface area contributed by atoms with Gasteiger partial charge in [-0.1, -0.05) is 6.07 Å². The summed E-state index contributed by atoms with van der Waals surface area (Å²) in [4.78, 5) is 21.1. The van der Waals surface area contributed by atoms with E-state index in [2.05, 4.69) is 20.7 Å². The number of aromatic nitrogens is 1. The average molecular weight is 379 g/mol. The lowest BCUT2D eigenvalue weighted by Crippen LogP contribution is -2.62. The van der Waals surface area contributed by atoms with Gasteiger partial charge in [-0.05, 0) is 25.0 Å². The summed E-state index contributed by atoms with van der Waals surface area (Å²) in [6.45, 7) is 3.91. The second-order valence-corrected chi connectivity index (χ2v) is 9.71. The second kappa shape index (κ2) is 6.88. The van der Waals surface area contributed by atoms with E-state index in [0.29, 0.717) is 19.6 Å². The lowest BCUT2D eigenvalue weighted by Gasteiger charge is -2.44. The monoisotopic (exact) mass is 379 g/mol. The van der Waals surface area contributed by atoms with Crippen molar-refractivity contribution in [2.45, 2.75) is 44.1 Å². The average Bonchev–Trinajstić information content (AvgIpc) is 3.18. The van der Waals surface area contributed by atoms with Crippen LogP contribution in [0.3, 0.4) is 0 Å². The van der Waals surface area contributed by atoms with E-state index in [1.165, 1.54) is 0 Å². The van der Waals surface area contributed by atoms with Gasteiger partial charge < -0.3 is 4.90 Å². The molecule has 4 heterocycles. The van der Waals surface area contributed by atoms with Crippen LogP contribution >= 0.6 is 0 Å². The van der Waals surface area contributed by atoms with Gasteiger partial charge in [0.15, 0.2) is 9.84 Å². The van der Waals surface area contributed by atoms with E-state index in [-0.39, 0.29) is 41.6 Å². The third kappa shape index (κ3) is 3.48. The maximum Gasteiger partial charge on any atom is 0.241 e. The second-order valence-electron chi connectivity index (χ2n) is 7.55. The van der Waals surface area contributed by atoms with E-state index in [4.69, 9.17) is 0 Å². The number of nitrogens with one attached hydrogen (secondary N) is 2. The van der Waals surface area contributed by atoms with Crippen LogP contribution in [0.2, 0.25) is 0 Å². The van der Waals surface area contributed by atoms with Crippen LogP contribution in [0.4, 0.5) is 0 Å². The molecule has 142 valence electrons. The van der Waals surface area contributed by atoms with Crippen molar-refractivity contribution < 1.29 is 13.2 Å². The number of rotatable bonds is 3. The topological polar surface area (TPSA) is 94.6 Å². The lowest BCUT2D eigenvalue weighted by molar-refractivity contribution is -0.139. The van der Waals surface area contributed by atoms with Gasteiger partial charge in [0.2, 0.25) is 5.91 Å². The van der Waals surface area contributed by atoms with E-state index >= 15 is 0 Å².